The topological polar surface area (TPSA) is 78.5 Å². The van der Waals surface area contributed by atoms with Gasteiger partial charge in [-0.3, -0.25) is 9.80 Å². The molecule has 0 amide bonds. The van der Waals surface area contributed by atoms with Gasteiger partial charge in [0.2, 0.25) is 0 Å². The van der Waals surface area contributed by atoms with Crippen molar-refractivity contribution in [2.75, 3.05) is 11.6 Å². The number of fused-ring (bicyclic) bond motifs is 1. The van der Waals surface area contributed by atoms with Gasteiger partial charge in [0.05, 0.1) is 37.8 Å². The van der Waals surface area contributed by atoms with Gasteiger partial charge in [-0.05, 0) is 41.0 Å². The summed E-state index contributed by atoms with van der Waals surface area (Å²) in [4.78, 5) is 13.8. The van der Waals surface area contributed by atoms with Crippen LogP contribution in [0.4, 0.5) is 11.4 Å². The van der Waals surface area contributed by atoms with Gasteiger partial charge in [0.15, 0.2) is 12.1 Å². The largest absolute Gasteiger partial charge is 0.455 e. The molecule has 0 radical (unpaired) electrons. The maximum atomic E-state index is 13.8. The lowest BCUT2D eigenvalue weighted by Gasteiger charge is -2.44. The molecule has 250 valence electrons. The van der Waals surface area contributed by atoms with Crippen LogP contribution in [0.15, 0.2) is 152 Å². The lowest BCUT2D eigenvalue weighted by Crippen LogP contribution is -2.63. The first-order valence-corrected chi connectivity index (χ1v) is 16.7. The highest BCUT2D eigenvalue weighted by Gasteiger charge is 2.58. The van der Waals surface area contributed by atoms with Crippen LogP contribution in [-0.4, -0.2) is 49.1 Å². The molecule has 2 heterocycles. The number of carbonyl (C=O) groups excluding carboxylic acids is 1. The smallest absolute Gasteiger partial charge is 0.328 e. The third-order valence-electron chi connectivity index (χ3n) is 8.77. The number of anilines is 2. The number of rotatable bonds is 14. The maximum Gasteiger partial charge on any atom is 0.328 e. The van der Waals surface area contributed by atoms with E-state index in [1.165, 1.54) is 0 Å². The van der Waals surface area contributed by atoms with Crippen LogP contribution < -0.4 is 10.4 Å². The number of nitrogens with zero attached hydrogens (tertiary/aromatic N) is 1. The van der Waals surface area contributed by atoms with Crippen molar-refractivity contribution in [3.63, 3.8) is 0 Å². The molecule has 49 heavy (non-hydrogen) atoms. The molecule has 5 aromatic carbocycles. The van der Waals surface area contributed by atoms with Crippen molar-refractivity contribution in [1.82, 2.24) is 5.43 Å². The fraction of sp³-hybridized carbons (Fsp3) is 0.244. The van der Waals surface area contributed by atoms with E-state index in [9.17, 15) is 4.79 Å². The molecule has 2 aliphatic rings. The van der Waals surface area contributed by atoms with E-state index in [0.29, 0.717) is 19.8 Å². The molecular weight excluding hydrogens is 616 g/mol. The van der Waals surface area contributed by atoms with Crippen molar-refractivity contribution in [3.05, 3.63) is 168 Å². The van der Waals surface area contributed by atoms with Crippen LogP contribution in [-0.2, 0) is 48.3 Å². The molecule has 2 saturated heterocycles. The zero-order valence-electron chi connectivity index (χ0n) is 27.1. The van der Waals surface area contributed by atoms with E-state index < -0.39 is 42.5 Å². The molecular formula is C41H40N2O6. The molecule has 8 nitrogen and oxygen atoms in total. The number of benzene rings is 5. The molecule has 2 fully saturated rings. The van der Waals surface area contributed by atoms with Gasteiger partial charge >= 0.3 is 5.97 Å². The van der Waals surface area contributed by atoms with E-state index in [0.717, 1.165) is 28.1 Å². The summed E-state index contributed by atoms with van der Waals surface area (Å²) in [6.45, 7) is 1.28. The number of hydrazine groups is 1. The summed E-state index contributed by atoms with van der Waals surface area (Å²) in [7, 11) is 0. The van der Waals surface area contributed by atoms with Crippen LogP contribution in [0.1, 0.15) is 16.7 Å². The second kappa shape index (κ2) is 16.0. The van der Waals surface area contributed by atoms with Crippen molar-refractivity contribution >= 4 is 17.3 Å². The van der Waals surface area contributed by atoms with Crippen molar-refractivity contribution in [3.8, 4) is 0 Å². The standard InChI is InChI=1S/C41H40N2O6/c44-41-36(42-43(33-22-12-4-13-23-33)34-24-14-5-15-25-34)38-40(49-41)39(47-28-32-20-10-3-11-21-32)37(46-27-31-18-8-2-9-19-31)35(48-38)29-45-26-30-16-6-1-7-17-30/h1-25,35-40,42H,26-29H2/t35-,36-,37-,38+,39+,40-/m1/s1. The van der Waals surface area contributed by atoms with Gasteiger partial charge in [0.25, 0.3) is 0 Å². The summed E-state index contributed by atoms with van der Waals surface area (Å²) in [5, 5.41) is 1.90. The lowest BCUT2D eigenvalue weighted by molar-refractivity contribution is -0.251. The van der Waals surface area contributed by atoms with E-state index in [4.69, 9.17) is 23.7 Å². The van der Waals surface area contributed by atoms with Gasteiger partial charge in [-0.25, -0.2) is 5.43 Å². The third kappa shape index (κ3) is 8.08. The monoisotopic (exact) mass is 656 g/mol. The summed E-state index contributed by atoms with van der Waals surface area (Å²) in [6.07, 6.45) is -3.20. The van der Waals surface area contributed by atoms with Gasteiger partial charge in [0.1, 0.15) is 24.4 Å². The Bertz CT molecular complexity index is 1690. The number of hydrogen-bond donors (Lipinski definition) is 1. The molecule has 6 atom stereocenters. The SMILES string of the molecule is O=C1O[C@H]2[C@@H](OCc3ccccc3)[C@H](OCc3ccccc3)[C@@H](COCc3ccccc3)O[C@H]2[C@H]1NN(c1ccccc1)c1ccccc1. The quantitative estimate of drug-likeness (QED) is 0.104. The molecule has 8 heteroatoms. The number of nitrogens with one attached hydrogen (secondary N) is 1. The average molecular weight is 657 g/mol. The zero-order valence-corrected chi connectivity index (χ0v) is 27.1. The lowest BCUT2D eigenvalue weighted by atomic mass is 9.92. The van der Waals surface area contributed by atoms with Crippen LogP contribution in [0.5, 0.6) is 0 Å². The van der Waals surface area contributed by atoms with Crippen LogP contribution in [0.2, 0.25) is 0 Å². The van der Waals surface area contributed by atoms with E-state index in [2.05, 4.69) is 5.43 Å². The minimum absolute atomic E-state index is 0.227. The molecule has 0 unspecified atom stereocenters. The molecule has 7 rings (SSSR count). The van der Waals surface area contributed by atoms with Crippen molar-refractivity contribution in [2.45, 2.75) is 56.4 Å². The number of ether oxygens (including phenoxy) is 5. The van der Waals surface area contributed by atoms with Crippen molar-refractivity contribution < 1.29 is 28.5 Å². The normalized spacial score (nSPS) is 23.1. The minimum Gasteiger partial charge on any atom is -0.455 e. The average Bonchev–Trinajstić information content (AvgIpc) is 3.47. The Hall–Kier alpha value is -4.83. The highest BCUT2D eigenvalue weighted by atomic mass is 16.6. The number of esters is 1. The van der Waals surface area contributed by atoms with Gasteiger partial charge in [0, 0.05) is 0 Å². The highest BCUT2D eigenvalue weighted by Crippen LogP contribution is 2.36. The molecule has 0 bridgehead atoms. The Morgan fingerprint density at radius 1 is 0.551 bits per heavy atom. The highest BCUT2D eigenvalue weighted by molar-refractivity contribution is 5.80. The molecule has 0 spiro atoms. The Morgan fingerprint density at radius 2 is 1.00 bits per heavy atom. The number of carbonyl (C=O) groups is 1. The molecule has 0 aromatic heterocycles. The summed E-state index contributed by atoms with van der Waals surface area (Å²) in [5.41, 5.74) is 8.26. The number of hydrogen-bond acceptors (Lipinski definition) is 8. The van der Waals surface area contributed by atoms with Gasteiger partial charge in [-0.2, -0.15) is 0 Å². The van der Waals surface area contributed by atoms with Gasteiger partial charge < -0.3 is 23.7 Å². The summed E-state index contributed by atoms with van der Waals surface area (Å²) in [6, 6.07) is 48.8. The molecule has 0 saturated carbocycles. The van der Waals surface area contributed by atoms with E-state index >= 15 is 0 Å². The van der Waals surface area contributed by atoms with Crippen LogP contribution >= 0.6 is 0 Å². The third-order valence-corrected chi connectivity index (χ3v) is 8.77. The Morgan fingerprint density at radius 3 is 1.51 bits per heavy atom. The van der Waals surface area contributed by atoms with Gasteiger partial charge in [-0.1, -0.05) is 127 Å². The molecule has 0 aliphatic carbocycles. The van der Waals surface area contributed by atoms with Crippen LogP contribution in [0, 0.1) is 0 Å². The predicted octanol–water partition coefficient (Wildman–Crippen LogP) is 6.78. The minimum atomic E-state index is -0.833. The van der Waals surface area contributed by atoms with Crippen LogP contribution in [0.25, 0.3) is 0 Å². The van der Waals surface area contributed by atoms with Gasteiger partial charge in [-0.15, -0.1) is 0 Å². The Balaban J connectivity index is 1.19. The Labute approximate surface area is 287 Å². The second-order valence-corrected chi connectivity index (χ2v) is 12.2. The zero-order chi connectivity index (χ0) is 33.3. The predicted molar refractivity (Wildman–Crippen MR) is 187 cm³/mol. The molecule has 5 aromatic rings. The first-order valence-electron chi connectivity index (χ1n) is 16.7. The van der Waals surface area contributed by atoms with Crippen LogP contribution in [0.3, 0.4) is 0 Å². The summed E-state index contributed by atoms with van der Waals surface area (Å²) in [5.74, 6) is -0.423. The fourth-order valence-corrected chi connectivity index (χ4v) is 6.33. The van der Waals surface area contributed by atoms with E-state index in [-0.39, 0.29) is 6.61 Å². The Kier molecular flexibility index (Phi) is 10.7. The van der Waals surface area contributed by atoms with E-state index in [1.54, 1.807) is 0 Å². The summed E-state index contributed by atoms with van der Waals surface area (Å²) >= 11 is 0. The first-order chi connectivity index (χ1) is 24.2. The first kappa shape index (κ1) is 32.7. The van der Waals surface area contributed by atoms with Crippen molar-refractivity contribution in [2.24, 2.45) is 0 Å². The molecule has 2 aliphatic heterocycles. The maximum absolute atomic E-state index is 13.8. The summed E-state index contributed by atoms with van der Waals surface area (Å²) < 4.78 is 32.5. The van der Waals surface area contributed by atoms with E-state index in [1.807, 2.05) is 157 Å². The molecule has 1 N–H and O–H groups in total. The number of para-hydroxylation sites is 2. The fourth-order valence-electron chi connectivity index (χ4n) is 6.33. The van der Waals surface area contributed by atoms with Crippen molar-refractivity contribution in [1.29, 1.82) is 0 Å². The second-order valence-electron chi connectivity index (χ2n) is 12.2.